The maximum absolute atomic E-state index is 14.5. The van der Waals surface area contributed by atoms with E-state index in [1.165, 1.54) is 45.0 Å². The maximum Gasteiger partial charge on any atom is 0.409 e. The number of aryl methyl sites for hydroxylation is 1. The highest BCUT2D eigenvalue weighted by atomic mass is 35.5. The zero-order chi connectivity index (χ0) is 60.2. The highest BCUT2D eigenvalue weighted by Gasteiger charge is 2.64. The molecule has 3 aliphatic rings. The lowest BCUT2D eigenvalue weighted by Crippen LogP contribution is -2.63. The van der Waals surface area contributed by atoms with Gasteiger partial charge in [-0.3, -0.25) is 34.7 Å². The number of carbonyl (C=O) groups is 7. The number of amides is 6. The van der Waals surface area contributed by atoms with Crippen LogP contribution in [0.15, 0.2) is 66.3 Å². The number of benzene rings is 2. The molecule has 0 saturated carbocycles. The van der Waals surface area contributed by atoms with Gasteiger partial charge in [0.1, 0.15) is 40.7 Å². The van der Waals surface area contributed by atoms with E-state index in [-0.39, 0.29) is 43.9 Å². The molecule has 2 aromatic carbocycles. The van der Waals surface area contributed by atoms with Crippen molar-refractivity contribution >= 4 is 69.8 Å². The van der Waals surface area contributed by atoms with Gasteiger partial charge in [0.25, 0.3) is 0 Å². The Labute approximate surface area is 483 Å². The summed E-state index contributed by atoms with van der Waals surface area (Å²) in [6.45, 7) is 4.93. The van der Waals surface area contributed by atoms with Crippen molar-refractivity contribution in [2.24, 2.45) is 5.92 Å². The lowest BCUT2D eigenvalue weighted by Gasteiger charge is -2.42. The Morgan fingerprint density at radius 2 is 1.70 bits per heavy atom. The van der Waals surface area contributed by atoms with Crippen molar-refractivity contribution in [3.8, 4) is 5.75 Å². The number of aliphatic hydroxyl groups is 3. The quantitative estimate of drug-likeness (QED) is 0.0478. The Kier molecular flexibility index (Phi) is 22.5. The number of carbonyl (C=O) groups excluding carboxylic acids is 7. The van der Waals surface area contributed by atoms with E-state index in [0.717, 1.165) is 37.5 Å². The zero-order valence-electron chi connectivity index (χ0n) is 48.4. The van der Waals surface area contributed by atoms with E-state index in [9.17, 15) is 48.9 Å². The van der Waals surface area contributed by atoms with Gasteiger partial charge in [0.05, 0.1) is 58.2 Å². The normalized spacial score (nSPS) is 24.3. The average Bonchev–Trinajstić information content (AvgIpc) is 4.01. The van der Waals surface area contributed by atoms with Crippen molar-refractivity contribution in [2.45, 2.75) is 115 Å². The number of fused-ring (bicyclic) bond motifs is 6. The van der Waals surface area contributed by atoms with Gasteiger partial charge in [-0.2, -0.15) is 0 Å². The summed E-state index contributed by atoms with van der Waals surface area (Å²) in [6, 6.07) is 12.1. The number of hydrogen-bond donors (Lipinski definition) is 6. The molecule has 0 aliphatic carbocycles. The highest BCUT2D eigenvalue weighted by Crippen LogP contribution is 2.49. The minimum atomic E-state index is -1.91. The number of hydrogen-bond acceptors (Lipinski definition) is 17. The molecule has 0 spiro atoms. The second-order valence-corrected chi connectivity index (χ2v) is 21.6. The molecule has 0 radical (unpaired) electrons. The predicted octanol–water partition coefficient (Wildman–Crippen LogP) is 2.27. The summed E-state index contributed by atoms with van der Waals surface area (Å²) in [4.78, 5) is 101. The summed E-state index contributed by atoms with van der Waals surface area (Å²) in [5, 5.41) is 39.9. The molecule has 2 saturated heterocycles. The Morgan fingerprint density at radius 3 is 2.38 bits per heavy atom. The van der Waals surface area contributed by atoms with Gasteiger partial charge in [-0.05, 0) is 69.5 Å². The minimum absolute atomic E-state index is 0.0508. The van der Waals surface area contributed by atoms with Crippen molar-refractivity contribution in [2.75, 3.05) is 93.2 Å². The van der Waals surface area contributed by atoms with Crippen LogP contribution in [0.4, 0.5) is 10.5 Å². The first kappa shape index (κ1) is 64.5. The Morgan fingerprint density at radius 1 is 0.988 bits per heavy atom. The molecule has 3 aromatic rings. The number of likely N-dealkylation sites (N-methyl/N-ethyl adjacent to an activating group) is 1. The van der Waals surface area contributed by atoms with Gasteiger partial charge in [0, 0.05) is 90.8 Å². The largest absolute Gasteiger partial charge is 0.495 e. The fraction of sp³-hybridized carbons (Fsp3) is 0.561. The third kappa shape index (κ3) is 15.7. The monoisotopic (exact) mass is 1170 g/mol. The third-order valence-electron chi connectivity index (χ3n) is 15.6. The van der Waals surface area contributed by atoms with Crippen LogP contribution in [0, 0.1) is 5.92 Å². The second kappa shape index (κ2) is 28.6. The third-order valence-corrected chi connectivity index (χ3v) is 15.9. The van der Waals surface area contributed by atoms with E-state index >= 15 is 0 Å². The van der Waals surface area contributed by atoms with Crippen LogP contribution in [-0.2, 0) is 67.2 Å². The molecule has 1 aromatic heterocycles. The zero-order valence-corrected chi connectivity index (χ0v) is 49.2. The number of hydrazine groups is 1. The summed E-state index contributed by atoms with van der Waals surface area (Å²) in [7, 11) is 9.45. The average molecular weight is 1170 g/mol. The van der Waals surface area contributed by atoms with Gasteiger partial charge in [0.15, 0.2) is 5.72 Å². The number of rotatable bonds is 22. The number of para-hydroxylation sites is 1. The Balaban J connectivity index is 1.12. The molecule has 25 heteroatoms. The van der Waals surface area contributed by atoms with E-state index in [2.05, 4.69) is 22.1 Å². The number of aliphatic hydroxyl groups excluding tert-OH is 2. The molecule has 2 fully saturated rings. The molecule has 8 atom stereocenters. The smallest absolute Gasteiger partial charge is 0.409 e. The molecule has 3 aliphatic heterocycles. The molecular weight excluding hydrogens is 1090 g/mol. The van der Waals surface area contributed by atoms with Crippen molar-refractivity contribution in [3.05, 3.63) is 82.5 Å². The standard InChI is InChI=1S/C57H80ClN9O15/c1-35-14-13-17-45(79-10)57(77)31-44(80-55(76)61-57)36(2)53-56(4,82-53)46(30-49(72)64(8)42-27-38(26-35)28-43(78-9)52(42)58)81-54(75)37(3)63(7)48(71)19-20-65(22-24-68)51(74)34-66(23-25-69)50(73)32-60-47(70)18-21-67-40(33-62(6)59-5)29-39-15-11-12-16-41(39)67/h11-17,27-29,36-37,44-46,53,59,68-69,77H,18-26,30-34H2,1-10H3,(H,60,70)(H,61,76)/b17-13+,35-14+/t36-,37+,44+,45-,46+,53+,56?,57+/m1/s1. The van der Waals surface area contributed by atoms with Gasteiger partial charge in [-0.25, -0.2) is 14.6 Å². The molecule has 4 bridgehead atoms. The van der Waals surface area contributed by atoms with E-state index in [0.29, 0.717) is 30.9 Å². The first-order valence-electron chi connectivity index (χ1n) is 27.3. The van der Waals surface area contributed by atoms with Crippen LogP contribution in [0.25, 0.3) is 10.9 Å². The molecule has 6 rings (SSSR count). The number of alkyl carbamates (subject to hydrolysis) is 1. The Bertz CT molecular complexity index is 2870. The molecular formula is C57H80ClN9O15. The van der Waals surface area contributed by atoms with Gasteiger partial charge in [-0.1, -0.05) is 60.5 Å². The van der Waals surface area contributed by atoms with E-state index in [1.54, 1.807) is 38.1 Å². The molecule has 1 unspecified atom stereocenters. The first-order valence-corrected chi connectivity index (χ1v) is 27.6. The van der Waals surface area contributed by atoms with Crippen LogP contribution >= 0.6 is 11.6 Å². The van der Waals surface area contributed by atoms with Gasteiger partial charge in [-0.15, -0.1) is 0 Å². The SMILES string of the molecule is CNN(C)Cc1cc2ccccc2n1CCC(=O)NCC(=O)N(CCO)CC(=O)N(CCO)CCC(=O)N(C)[C@@H](C)C(=O)O[C@H]1CC(=O)N(C)c2cc(cc(OC)c2Cl)C/C(C)=C/C=C/[C@@H](OC)[C@@]2(O)C[C@H](OC(=O)N2)[C@@H](C)[C@@H]2OC12C. The van der Waals surface area contributed by atoms with Crippen molar-refractivity contribution in [3.63, 3.8) is 0 Å². The van der Waals surface area contributed by atoms with Crippen molar-refractivity contribution < 1.29 is 72.6 Å². The van der Waals surface area contributed by atoms with Gasteiger partial charge >= 0.3 is 12.1 Å². The van der Waals surface area contributed by atoms with E-state index in [4.69, 9.17) is 35.3 Å². The minimum Gasteiger partial charge on any atom is -0.495 e. The van der Waals surface area contributed by atoms with Gasteiger partial charge in [0.2, 0.25) is 29.5 Å². The van der Waals surface area contributed by atoms with Crippen LogP contribution in [0.5, 0.6) is 5.75 Å². The summed E-state index contributed by atoms with van der Waals surface area (Å²) in [6.07, 6.45) is -0.265. The fourth-order valence-corrected chi connectivity index (χ4v) is 10.7. The summed E-state index contributed by atoms with van der Waals surface area (Å²) < 4.78 is 31.5. The number of esters is 1. The second-order valence-electron chi connectivity index (χ2n) is 21.2. The Hall–Kier alpha value is -6.64. The number of nitrogens with one attached hydrogen (secondary N) is 3. The summed E-state index contributed by atoms with van der Waals surface area (Å²) in [5.74, 6) is -4.08. The van der Waals surface area contributed by atoms with Crippen LogP contribution in [0.2, 0.25) is 5.02 Å². The number of halogens is 1. The number of anilines is 1. The summed E-state index contributed by atoms with van der Waals surface area (Å²) >= 11 is 6.83. The molecule has 450 valence electrons. The fourth-order valence-electron chi connectivity index (χ4n) is 10.4. The lowest BCUT2D eigenvalue weighted by molar-refractivity contribution is -0.162. The molecule has 6 N–H and O–H groups in total. The van der Waals surface area contributed by atoms with Gasteiger partial charge < -0.3 is 68.5 Å². The lowest BCUT2D eigenvalue weighted by atomic mass is 9.83. The highest BCUT2D eigenvalue weighted by molar-refractivity contribution is 6.35. The topological polar surface area (TPSA) is 287 Å². The number of nitrogens with zero attached hydrogens (tertiary/aromatic N) is 6. The van der Waals surface area contributed by atoms with Crippen LogP contribution in [0.3, 0.4) is 0 Å². The molecule has 24 nitrogen and oxygen atoms in total. The van der Waals surface area contributed by atoms with Crippen molar-refractivity contribution in [1.82, 2.24) is 40.3 Å². The number of aromatic nitrogens is 1. The first-order chi connectivity index (χ1) is 38.9. The summed E-state index contributed by atoms with van der Waals surface area (Å²) in [5.41, 5.74) is 3.65. The number of ether oxygens (including phenoxy) is 5. The van der Waals surface area contributed by atoms with E-state index < -0.39 is 122 Å². The van der Waals surface area contributed by atoms with Crippen molar-refractivity contribution in [1.29, 1.82) is 0 Å². The van der Waals surface area contributed by atoms with Crippen LogP contribution in [-0.4, -0.2) is 211 Å². The van der Waals surface area contributed by atoms with E-state index in [1.807, 2.05) is 60.9 Å². The molecule has 6 amide bonds. The number of allylic oxidation sites excluding steroid dienone is 3. The molecule has 82 heavy (non-hydrogen) atoms. The maximum atomic E-state index is 14.5. The van der Waals surface area contributed by atoms with Crippen LogP contribution in [0.1, 0.15) is 64.6 Å². The number of methoxy groups -OCH3 is 2. The van der Waals surface area contributed by atoms with Crippen LogP contribution < -0.4 is 25.7 Å². The number of epoxide rings is 1. The predicted molar refractivity (Wildman–Crippen MR) is 303 cm³/mol. The molecule has 4 heterocycles.